The Hall–Kier alpha value is -2.57. The lowest BCUT2D eigenvalue weighted by Crippen LogP contribution is -2.25. The first-order chi connectivity index (χ1) is 9.63. The van der Waals surface area contributed by atoms with E-state index in [1.165, 1.54) is 10.9 Å². The van der Waals surface area contributed by atoms with Gasteiger partial charge in [-0.05, 0) is 25.0 Å². The molecule has 2 aromatic heterocycles. The normalized spacial score (nSPS) is 14.1. The number of nitrogens with zero attached hydrogens (tertiary/aromatic N) is 2. The molecule has 0 bridgehead atoms. The second-order valence-corrected chi connectivity index (χ2v) is 4.72. The highest BCUT2D eigenvalue weighted by atomic mass is 16.3. The molecule has 20 heavy (non-hydrogen) atoms. The van der Waals surface area contributed by atoms with Gasteiger partial charge in [0.2, 0.25) is 0 Å². The van der Waals surface area contributed by atoms with Gasteiger partial charge in [-0.15, -0.1) is 0 Å². The summed E-state index contributed by atoms with van der Waals surface area (Å²) in [5.74, 6) is 0.0382. The third-order valence-corrected chi connectivity index (χ3v) is 3.01. The van der Waals surface area contributed by atoms with Crippen molar-refractivity contribution >= 4 is 17.6 Å². The molecule has 0 aliphatic heterocycles. The third kappa shape index (κ3) is 2.56. The molecule has 1 fully saturated rings. The summed E-state index contributed by atoms with van der Waals surface area (Å²) in [6.45, 7) is 0. The van der Waals surface area contributed by atoms with E-state index in [4.69, 9.17) is 4.42 Å². The molecule has 1 aliphatic rings. The van der Waals surface area contributed by atoms with Gasteiger partial charge >= 0.3 is 0 Å². The maximum atomic E-state index is 11.9. The summed E-state index contributed by atoms with van der Waals surface area (Å²) in [6, 6.07) is 5.00. The SMILES string of the molecule is Cn1nc(C(=O)NC2CC2)cc1NC(=O)c1ccco1. The number of hydrogen-bond acceptors (Lipinski definition) is 4. The van der Waals surface area contributed by atoms with E-state index in [-0.39, 0.29) is 29.3 Å². The average Bonchev–Trinajstić information content (AvgIpc) is 2.92. The fourth-order valence-electron chi connectivity index (χ4n) is 1.77. The van der Waals surface area contributed by atoms with Gasteiger partial charge in [0.15, 0.2) is 11.5 Å². The van der Waals surface area contributed by atoms with Crippen molar-refractivity contribution in [3.8, 4) is 0 Å². The minimum atomic E-state index is -0.382. The molecule has 2 aromatic rings. The monoisotopic (exact) mass is 274 g/mol. The largest absolute Gasteiger partial charge is 0.459 e. The van der Waals surface area contributed by atoms with Gasteiger partial charge in [-0.2, -0.15) is 5.10 Å². The first-order valence-electron chi connectivity index (χ1n) is 6.33. The van der Waals surface area contributed by atoms with Crippen LogP contribution in [0.5, 0.6) is 0 Å². The Kier molecular flexibility index (Phi) is 3.02. The molecule has 0 atom stereocenters. The second-order valence-electron chi connectivity index (χ2n) is 4.72. The van der Waals surface area contributed by atoms with Crippen molar-refractivity contribution in [3.05, 3.63) is 35.9 Å². The van der Waals surface area contributed by atoms with Crippen LogP contribution in [0.15, 0.2) is 28.9 Å². The number of furan rings is 1. The minimum absolute atomic E-state index is 0.204. The number of amides is 2. The van der Waals surface area contributed by atoms with Crippen LogP contribution < -0.4 is 10.6 Å². The lowest BCUT2D eigenvalue weighted by molar-refractivity contribution is 0.0944. The van der Waals surface area contributed by atoms with E-state index in [1.54, 1.807) is 25.2 Å². The van der Waals surface area contributed by atoms with E-state index >= 15 is 0 Å². The molecule has 1 aliphatic carbocycles. The topological polar surface area (TPSA) is 89.2 Å². The number of rotatable bonds is 4. The maximum Gasteiger partial charge on any atom is 0.292 e. The second kappa shape index (κ2) is 4.84. The van der Waals surface area contributed by atoms with Crippen LogP contribution in [0.3, 0.4) is 0 Å². The van der Waals surface area contributed by atoms with Crippen LogP contribution >= 0.6 is 0 Å². The lowest BCUT2D eigenvalue weighted by atomic mass is 10.3. The van der Waals surface area contributed by atoms with Crippen LogP contribution in [0.1, 0.15) is 33.9 Å². The molecule has 1 saturated carbocycles. The highest BCUT2D eigenvalue weighted by Crippen LogP contribution is 2.19. The smallest absolute Gasteiger partial charge is 0.292 e. The summed E-state index contributed by atoms with van der Waals surface area (Å²) < 4.78 is 6.45. The van der Waals surface area contributed by atoms with Gasteiger partial charge in [0.05, 0.1) is 6.26 Å². The Morgan fingerprint density at radius 2 is 2.20 bits per heavy atom. The number of carbonyl (C=O) groups is 2. The van der Waals surface area contributed by atoms with Gasteiger partial charge < -0.3 is 15.1 Å². The zero-order chi connectivity index (χ0) is 14.1. The van der Waals surface area contributed by atoms with Gasteiger partial charge in [-0.3, -0.25) is 14.3 Å². The number of aryl methyl sites for hydroxylation is 1. The summed E-state index contributed by atoms with van der Waals surface area (Å²) in [6.07, 6.45) is 3.45. The summed E-state index contributed by atoms with van der Waals surface area (Å²) >= 11 is 0. The van der Waals surface area contributed by atoms with E-state index < -0.39 is 0 Å². The van der Waals surface area contributed by atoms with Crippen LogP contribution in [0.4, 0.5) is 5.82 Å². The van der Waals surface area contributed by atoms with Gasteiger partial charge in [-0.25, -0.2) is 0 Å². The van der Waals surface area contributed by atoms with Gasteiger partial charge in [0.1, 0.15) is 5.82 Å². The molecule has 2 N–H and O–H groups in total. The van der Waals surface area contributed by atoms with E-state index in [2.05, 4.69) is 15.7 Å². The average molecular weight is 274 g/mol. The first kappa shape index (κ1) is 12.5. The summed E-state index contributed by atoms with van der Waals surface area (Å²) in [5, 5.41) is 9.58. The molecule has 104 valence electrons. The van der Waals surface area contributed by atoms with E-state index in [9.17, 15) is 9.59 Å². The molecule has 0 aromatic carbocycles. The quantitative estimate of drug-likeness (QED) is 0.875. The minimum Gasteiger partial charge on any atom is -0.459 e. The van der Waals surface area contributed by atoms with Crippen molar-refractivity contribution in [3.63, 3.8) is 0 Å². The van der Waals surface area contributed by atoms with Crippen molar-refractivity contribution < 1.29 is 14.0 Å². The Morgan fingerprint density at radius 1 is 1.40 bits per heavy atom. The van der Waals surface area contributed by atoms with Crippen LogP contribution in [-0.4, -0.2) is 27.6 Å². The van der Waals surface area contributed by atoms with Crippen molar-refractivity contribution in [2.45, 2.75) is 18.9 Å². The molecule has 0 unspecified atom stereocenters. The fourth-order valence-corrected chi connectivity index (χ4v) is 1.77. The number of nitrogens with one attached hydrogen (secondary N) is 2. The molecule has 0 saturated heterocycles. The predicted molar refractivity (Wildman–Crippen MR) is 70.4 cm³/mol. The van der Waals surface area contributed by atoms with Crippen molar-refractivity contribution in [1.29, 1.82) is 0 Å². The van der Waals surface area contributed by atoms with Crippen molar-refractivity contribution in [1.82, 2.24) is 15.1 Å². The lowest BCUT2D eigenvalue weighted by Gasteiger charge is -2.01. The highest BCUT2D eigenvalue weighted by molar-refractivity contribution is 6.02. The standard InChI is InChI=1S/C13H14N4O3/c1-17-11(15-13(19)10-3-2-6-20-10)7-9(16-17)12(18)14-8-4-5-8/h2-3,6-8H,4-5H2,1H3,(H,14,18)(H,15,19). The summed E-state index contributed by atoms with van der Waals surface area (Å²) in [4.78, 5) is 23.7. The molecule has 7 heteroatoms. The van der Waals surface area contributed by atoms with Crippen LogP contribution in [0.2, 0.25) is 0 Å². The van der Waals surface area contributed by atoms with Crippen molar-refractivity contribution in [2.75, 3.05) is 5.32 Å². The maximum absolute atomic E-state index is 11.9. The summed E-state index contributed by atoms with van der Waals surface area (Å²) in [7, 11) is 1.66. The Morgan fingerprint density at radius 3 is 2.85 bits per heavy atom. The number of anilines is 1. The predicted octanol–water partition coefficient (Wildman–Crippen LogP) is 1.16. The molecule has 2 heterocycles. The van der Waals surface area contributed by atoms with Crippen LogP contribution in [0, 0.1) is 0 Å². The number of hydrogen-bond donors (Lipinski definition) is 2. The van der Waals surface area contributed by atoms with Crippen LogP contribution in [0.25, 0.3) is 0 Å². The van der Waals surface area contributed by atoms with Crippen LogP contribution in [-0.2, 0) is 7.05 Å². The zero-order valence-electron chi connectivity index (χ0n) is 10.9. The van der Waals surface area contributed by atoms with E-state index in [0.29, 0.717) is 5.82 Å². The molecular weight excluding hydrogens is 260 g/mol. The van der Waals surface area contributed by atoms with E-state index in [0.717, 1.165) is 12.8 Å². The Labute approximate surface area is 114 Å². The highest BCUT2D eigenvalue weighted by Gasteiger charge is 2.25. The van der Waals surface area contributed by atoms with Crippen molar-refractivity contribution in [2.24, 2.45) is 7.05 Å². The molecular formula is C13H14N4O3. The molecule has 2 amide bonds. The molecule has 0 radical (unpaired) electrons. The van der Waals surface area contributed by atoms with E-state index in [1.807, 2.05) is 0 Å². The zero-order valence-corrected chi connectivity index (χ0v) is 10.9. The van der Waals surface area contributed by atoms with Gasteiger partial charge in [-0.1, -0.05) is 0 Å². The Balaban J connectivity index is 1.71. The summed E-state index contributed by atoms with van der Waals surface area (Å²) in [5.41, 5.74) is 0.286. The molecule has 7 nitrogen and oxygen atoms in total. The third-order valence-electron chi connectivity index (χ3n) is 3.01. The molecule has 3 rings (SSSR count). The number of aromatic nitrogens is 2. The van der Waals surface area contributed by atoms with Gasteiger partial charge in [0.25, 0.3) is 11.8 Å². The molecule has 0 spiro atoms. The Bertz CT molecular complexity index is 641. The fraction of sp³-hybridized carbons (Fsp3) is 0.308. The van der Waals surface area contributed by atoms with Gasteiger partial charge in [0, 0.05) is 19.2 Å². The number of carbonyl (C=O) groups excluding carboxylic acids is 2. The first-order valence-corrected chi connectivity index (χ1v) is 6.33.